The first kappa shape index (κ1) is 23.4. The van der Waals surface area contributed by atoms with Gasteiger partial charge >= 0.3 is 17.7 Å². The number of carbonyl (C=O) groups is 2. The number of aryl methyl sites for hydroxylation is 1. The lowest BCUT2D eigenvalue weighted by atomic mass is 10.0. The van der Waals surface area contributed by atoms with Crippen molar-refractivity contribution in [2.75, 3.05) is 0 Å². The molecule has 7 nitrogen and oxygen atoms in total. The maximum atomic E-state index is 12.7. The van der Waals surface area contributed by atoms with Gasteiger partial charge in [0.05, 0.1) is 0 Å². The Morgan fingerprint density at radius 2 is 1.87 bits per heavy atom. The van der Waals surface area contributed by atoms with Crippen molar-refractivity contribution in [1.29, 1.82) is 0 Å². The maximum Gasteiger partial charge on any atom is 0.408 e. The number of hydrogen-bond acceptors (Lipinski definition) is 6. The smallest absolute Gasteiger partial charge is 0.408 e. The van der Waals surface area contributed by atoms with E-state index in [0.29, 0.717) is 5.58 Å². The monoisotopic (exact) mass is 417 g/mol. The van der Waals surface area contributed by atoms with E-state index in [4.69, 9.17) is 13.9 Å². The van der Waals surface area contributed by atoms with Gasteiger partial charge in [-0.3, -0.25) is 0 Å². The summed E-state index contributed by atoms with van der Waals surface area (Å²) in [6, 6.07) is 5.56. The molecule has 2 rings (SSSR count). The zero-order chi connectivity index (χ0) is 22.5. The summed E-state index contributed by atoms with van der Waals surface area (Å²) in [6.07, 6.45) is 2.05. The fourth-order valence-corrected chi connectivity index (χ4v) is 2.96. The largest absolute Gasteiger partial charge is 0.444 e. The van der Waals surface area contributed by atoms with E-state index in [1.807, 2.05) is 0 Å². The van der Waals surface area contributed by atoms with Gasteiger partial charge in [0.1, 0.15) is 23.0 Å². The number of fused-ring (bicyclic) bond motifs is 1. The third-order valence-corrected chi connectivity index (χ3v) is 4.41. The summed E-state index contributed by atoms with van der Waals surface area (Å²) < 4.78 is 16.0. The van der Waals surface area contributed by atoms with Crippen molar-refractivity contribution in [1.82, 2.24) is 5.32 Å². The first-order valence-corrected chi connectivity index (χ1v) is 10.3. The molecule has 1 N–H and O–H groups in total. The maximum absolute atomic E-state index is 12.7. The highest BCUT2D eigenvalue weighted by Crippen LogP contribution is 2.24. The number of rotatable bonds is 7. The van der Waals surface area contributed by atoms with Crippen LogP contribution in [0.4, 0.5) is 4.79 Å². The van der Waals surface area contributed by atoms with Crippen LogP contribution in [0, 0.1) is 5.92 Å². The van der Waals surface area contributed by atoms with Crippen LogP contribution in [0.1, 0.15) is 59.9 Å². The van der Waals surface area contributed by atoms with Crippen LogP contribution in [0.15, 0.2) is 33.5 Å². The van der Waals surface area contributed by atoms with E-state index in [0.717, 1.165) is 30.2 Å². The van der Waals surface area contributed by atoms with Crippen molar-refractivity contribution < 1.29 is 23.5 Å². The molecule has 0 radical (unpaired) electrons. The van der Waals surface area contributed by atoms with Crippen LogP contribution in [0.2, 0.25) is 0 Å². The first-order valence-electron chi connectivity index (χ1n) is 10.3. The van der Waals surface area contributed by atoms with Crippen LogP contribution in [0.3, 0.4) is 0 Å². The van der Waals surface area contributed by atoms with Crippen LogP contribution < -0.4 is 15.7 Å². The molecule has 1 amide bonds. The van der Waals surface area contributed by atoms with E-state index in [1.165, 1.54) is 12.1 Å². The molecule has 1 heterocycles. The molecule has 0 unspecified atom stereocenters. The van der Waals surface area contributed by atoms with E-state index in [2.05, 4.69) is 12.2 Å². The zero-order valence-electron chi connectivity index (χ0n) is 18.5. The molecular formula is C23H31NO6. The van der Waals surface area contributed by atoms with Crippen LogP contribution in [0.5, 0.6) is 5.75 Å². The van der Waals surface area contributed by atoms with Gasteiger partial charge in [0, 0.05) is 17.5 Å². The molecule has 1 aromatic carbocycles. The second kappa shape index (κ2) is 9.78. The number of carbonyl (C=O) groups excluding carboxylic acids is 2. The minimum absolute atomic E-state index is 0.218. The molecule has 0 aliphatic heterocycles. The minimum Gasteiger partial charge on any atom is -0.444 e. The van der Waals surface area contributed by atoms with Crippen LogP contribution >= 0.6 is 0 Å². The first-order chi connectivity index (χ1) is 14.0. The average Bonchev–Trinajstić information content (AvgIpc) is 2.61. The van der Waals surface area contributed by atoms with Crippen LogP contribution in [-0.4, -0.2) is 23.7 Å². The fourth-order valence-electron chi connectivity index (χ4n) is 2.96. The lowest BCUT2D eigenvalue weighted by molar-refractivity contribution is -0.137. The molecule has 0 saturated heterocycles. The van der Waals surface area contributed by atoms with Gasteiger partial charge in [0.25, 0.3) is 0 Å². The van der Waals surface area contributed by atoms with Crippen molar-refractivity contribution in [2.45, 2.75) is 72.4 Å². The van der Waals surface area contributed by atoms with Crippen molar-refractivity contribution >= 4 is 23.0 Å². The second-order valence-corrected chi connectivity index (χ2v) is 8.64. The highest BCUT2D eigenvalue weighted by Gasteiger charge is 2.28. The number of benzene rings is 1. The molecule has 0 aliphatic rings. The molecule has 1 atom stereocenters. The van der Waals surface area contributed by atoms with Crippen molar-refractivity contribution in [2.24, 2.45) is 5.92 Å². The lowest BCUT2D eigenvalue weighted by Crippen LogP contribution is -2.48. The Morgan fingerprint density at radius 3 is 2.47 bits per heavy atom. The molecule has 0 bridgehead atoms. The Balaban J connectivity index is 2.21. The molecule has 0 saturated carbocycles. The Hall–Kier alpha value is -2.83. The Bertz CT molecular complexity index is 954. The van der Waals surface area contributed by atoms with Crippen molar-refractivity contribution in [3.05, 3.63) is 40.2 Å². The number of ether oxygens (including phenoxy) is 2. The molecule has 0 spiro atoms. The third-order valence-electron chi connectivity index (χ3n) is 4.41. The van der Waals surface area contributed by atoms with Crippen LogP contribution in [0.25, 0.3) is 11.0 Å². The van der Waals surface area contributed by atoms with E-state index < -0.39 is 29.3 Å². The highest BCUT2D eigenvalue weighted by atomic mass is 16.6. The minimum atomic E-state index is -0.890. The van der Waals surface area contributed by atoms with Gasteiger partial charge in [-0.05, 0) is 57.2 Å². The summed E-state index contributed by atoms with van der Waals surface area (Å²) in [5.74, 6) is -0.608. The summed E-state index contributed by atoms with van der Waals surface area (Å²) in [7, 11) is 0. The number of nitrogens with one attached hydrogen (secondary N) is 1. The summed E-state index contributed by atoms with van der Waals surface area (Å²) in [6.45, 7) is 10.9. The normalized spacial score (nSPS) is 12.6. The highest BCUT2D eigenvalue weighted by molar-refractivity contribution is 5.85. The van der Waals surface area contributed by atoms with Gasteiger partial charge in [0.2, 0.25) is 0 Å². The molecule has 2 aromatic rings. The van der Waals surface area contributed by atoms with Crippen molar-refractivity contribution in [3.8, 4) is 5.75 Å². The Labute approximate surface area is 176 Å². The van der Waals surface area contributed by atoms with E-state index in [9.17, 15) is 14.4 Å². The lowest BCUT2D eigenvalue weighted by Gasteiger charge is -2.24. The quantitative estimate of drug-likeness (QED) is 0.402. The van der Waals surface area contributed by atoms with Crippen molar-refractivity contribution in [3.63, 3.8) is 0 Å². The number of amides is 1. The summed E-state index contributed by atoms with van der Waals surface area (Å²) in [4.78, 5) is 36.7. The average molecular weight is 418 g/mol. The number of hydrogen-bond donors (Lipinski definition) is 1. The number of unbranched alkanes of at least 4 members (excludes halogenated alkanes) is 1. The summed E-state index contributed by atoms with van der Waals surface area (Å²) in [5, 5.41) is 3.38. The SMILES string of the molecule is CCCCc1cc(=O)oc2cc(OC(=O)[C@@H](NC(=O)OC(C)(C)C)C(C)C)ccc12. The summed E-state index contributed by atoms with van der Waals surface area (Å²) in [5.41, 5.74) is 0.150. The van der Waals surface area contributed by atoms with Gasteiger partial charge in [-0.25, -0.2) is 14.4 Å². The third kappa shape index (κ3) is 6.61. The number of alkyl carbamates (subject to hydrolysis) is 1. The van der Waals surface area contributed by atoms with Gasteiger partial charge in [-0.2, -0.15) is 0 Å². The predicted molar refractivity (Wildman–Crippen MR) is 115 cm³/mol. The van der Waals surface area contributed by atoms with Gasteiger partial charge in [0.15, 0.2) is 0 Å². The molecule has 7 heteroatoms. The van der Waals surface area contributed by atoms with Gasteiger partial charge in [-0.1, -0.05) is 27.2 Å². The molecule has 1 aromatic heterocycles. The van der Waals surface area contributed by atoms with Gasteiger partial charge in [-0.15, -0.1) is 0 Å². The van der Waals surface area contributed by atoms with E-state index in [-0.39, 0.29) is 11.7 Å². The van der Waals surface area contributed by atoms with Gasteiger partial charge < -0.3 is 19.2 Å². The topological polar surface area (TPSA) is 94.8 Å². The van der Waals surface area contributed by atoms with E-state index in [1.54, 1.807) is 46.8 Å². The molecule has 0 aliphatic carbocycles. The zero-order valence-corrected chi connectivity index (χ0v) is 18.5. The molecule has 30 heavy (non-hydrogen) atoms. The Kier molecular flexibility index (Phi) is 7.65. The predicted octanol–water partition coefficient (Wildman–Crippen LogP) is 4.59. The molecular weight excluding hydrogens is 386 g/mol. The fraction of sp³-hybridized carbons (Fsp3) is 0.522. The number of esters is 1. The van der Waals surface area contributed by atoms with E-state index >= 15 is 0 Å². The molecule has 0 fully saturated rings. The molecule has 164 valence electrons. The second-order valence-electron chi connectivity index (χ2n) is 8.64. The summed E-state index contributed by atoms with van der Waals surface area (Å²) >= 11 is 0. The Morgan fingerprint density at radius 1 is 1.17 bits per heavy atom. The standard InChI is InChI=1S/C23H31NO6/c1-7-8-9-15-12-19(25)29-18-13-16(10-11-17(15)18)28-21(26)20(14(2)3)24-22(27)30-23(4,5)6/h10-14,20H,7-9H2,1-6H3,(H,24,27)/t20-/m0/s1. The van der Waals surface area contributed by atoms with Crippen LogP contribution in [-0.2, 0) is 16.0 Å².